The molecule has 12 aliphatic rings. The molecule has 758 valence electrons. The number of hydrogen-bond donors (Lipinski definition) is 4. The van der Waals surface area contributed by atoms with Gasteiger partial charge in [0.05, 0.1) is 27.4 Å². The van der Waals surface area contributed by atoms with E-state index in [9.17, 15) is 63.2 Å². The molecule has 4 saturated heterocycles. The van der Waals surface area contributed by atoms with Crippen molar-refractivity contribution in [1.82, 2.24) is 19.6 Å². The second-order valence-electron chi connectivity index (χ2n) is 39.5. The number of carbonyl (C=O) groups is 8. The topological polar surface area (TPSA) is 323 Å². The maximum atomic E-state index is 13.0. The third kappa shape index (κ3) is 23.6. The number of carbonyl (C=O) groups excluding carboxylic acids is 8. The van der Waals surface area contributed by atoms with Crippen LogP contribution >= 0.6 is 58.6 Å². The van der Waals surface area contributed by atoms with Gasteiger partial charge in [-0.15, -0.1) is 47.0 Å². The molecule has 0 amide bonds. The molecule has 0 bridgehead atoms. The number of likely N-dealkylation sites (tertiary alicyclic amines) is 4. The molecule has 8 aliphatic heterocycles. The van der Waals surface area contributed by atoms with E-state index in [4.69, 9.17) is 59.0 Å². The van der Waals surface area contributed by atoms with Crippen LogP contribution in [0.1, 0.15) is 147 Å². The minimum Gasteiger partial charge on any atom is -0.497 e. The van der Waals surface area contributed by atoms with Gasteiger partial charge in [0.2, 0.25) is 46.3 Å². The van der Waals surface area contributed by atoms with Gasteiger partial charge in [-0.3, -0.25) is 38.4 Å². The van der Waals surface area contributed by atoms with Gasteiger partial charge in [-0.2, -0.15) is 0 Å². The van der Waals surface area contributed by atoms with Gasteiger partial charge in [0.15, 0.2) is 0 Å². The molecule has 4 aliphatic carbocycles. The second-order valence-corrected chi connectivity index (χ2v) is 43.9. The van der Waals surface area contributed by atoms with Crippen molar-refractivity contribution in [2.45, 2.75) is 131 Å². The molecule has 0 aromatic heterocycles. The Bertz CT molecular complexity index is 6340. The Hall–Kier alpha value is -11.4. The molecular formula is C113H116ClFN4O22S4. The van der Waals surface area contributed by atoms with Crippen molar-refractivity contribution in [1.29, 1.82) is 0 Å². The van der Waals surface area contributed by atoms with Crippen LogP contribution in [0.3, 0.4) is 0 Å². The number of fused-ring (bicyclic) bond motifs is 8. The molecule has 0 saturated carbocycles. The molecule has 0 radical (unpaired) electrons. The SMILES string of the molecule is CC(C)(C)c1ccc(OC[C@@H](O)CN2CCC3(CC2)CSC2=C(O3)c3cc(-c4ccccc4)ccc3C(=O)C2=O)cc1.COc1ccc2c(c1)C1=C(SCC3(CCN(C[C@@H](O)Cc4ccccc4)CC3)O1)C(=O)C2=O.COc1ccc2c(c1)C1=C(SCC3(CCN(C[C@H](O)COc4ccc(Cl)cc4)CC3)O1)C(=O)C2=O.COc1ccc2c(c1)C1=C(SCC3(CCN(C[C@H](O)COc4ccc(F)cc4)CC3)O1)C(=O)C2=O. The van der Waals surface area contributed by atoms with Crippen LogP contribution in [0.5, 0.6) is 34.5 Å². The Morgan fingerprint density at radius 2 is 0.621 bits per heavy atom. The number of β-amino-alcohol motifs (C(OH)–C–C–N with tert-alkyl or cyclic N) is 4. The normalized spacial score (nSPS) is 20.1. The van der Waals surface area contributed by atoms with Crippen molar-refractivity contribution in [3.63, 3.8) is 0 Å². The van der Waals surface area contributed by atoms with Crippen LogP contribution in [0.15, 0.2) is 226 Å². The van der Waals surface area contributed by atoms with Crippen LogP contribution in [0.25, 0.3) is 34.2 Å². The fourth-order valence-corrected chi connectivity index (χ4v) is 25.1. The number of benzene rings is 9. The first-order chi connectivity index (χ1) is 69.8. The Kier molecular flexibility index (Phi) is 31.9. The number of methoxy groups -OCH3 is 3. The number of aliphatic hydroxyl groups excluding tert-OH is 4. The van der Waals surface area contributed by atoms with Crippen molar-refractivity contribution in [3.05, 3.63) is 292 Å². The highest BCUT2D eigenvalue weighted by atomic mass is 35.5. The molecule has 32 heteroatoms. The lowest BCUT2D eigenvalue weighted by Crippen LogP contribution is -2.51. The number of halogens is 2. The lowest BCUT2D eigenvalue weighted by Gasteiger charge is -2.45. The van der Waals surface area contributed by atoms with Crippen molar-refractivity contribution < 1.29 is 111 Å². The van der Waals surface area contributed by atoms with Crippen molar-refractivity contribution in [2.24, 2.45) is 0 Å². The van der Waals surface area contributed by atoms with Crippen LogP contribution in [0.4, 0.5) is 4.39 Å². The van der Waals surface area contributed by atoms with Gasteiger partial charge in [-0.05, 0) is 161 Å². The fraction of sp³-hybridized carbons (Fsp3) is 0.381. The molecule has 0 unspecified atom stereocenters. The Balaban J connectivity index is 0.000000128. The molecule has 4 N–H and O–H groups in total. The maximum Gasteiger partial charge on any atom is 0.243 e. The molecule has 4 fully saturated rings. The maximum absolute atomic E-state index is 13.0. The first kappa shape index (κ1) is 104. The average Bonchev–Trinajstić information content (AvgIpc) is 0.756. The minimum atomic E-state index is -0.689. The van der Waals surface area contributed by atoms with E-state index < -0.39 is 87.5 Å². The van der Waals surface area contributed by atoms with E-state index in [1.807, 2.05) is 84.9 Å². The zero-order valence-corrected chi connectivity index (χ0v) is 85.6. The predicted molar refractivity (Wildman–Crippen MR) is 557 cm³/mol. The monoisotopic (exact) mass is 2060 g/mol. The number of ether oxygens (including phenoxy) is 10. The zero-order valence-electron chi connectivity index (χ0n) is 81.6. The van der Waals surface area contributed by atoms with E-state index in [0.717, 1.165) is 113 Å². The van der Waals surface area contributed by atoms with Crippen LogP contribution in [0, 0.1) is 5.82 Å². The summed E-state index contributed by atoms with van der Waals surface area (Å²) >= 11 is 11.6. The first-order valence-corrected chi connectivity index (χ1v) is 53.2. The number of rotatable bonds is 23. The number of thioether (sulfide) groups is 4. The summed E-state index contributed by atoms with van der Waals surface area (Å²) in [6.07, 6.45) is 4.40. The number of piperidine rings is 4. The van der Waals surface area contributed by atoms with Crippen molar-refractivity contribution >= 4 is 128 Å². The Morgan fingerprint density at radius 3 is 0.938 bits per heavy atom. The molecule has 145 heavy (non-hydrogen) atoms. The highest BCUT2D eigenvalue weighted by Crippen LogP contribution is 2.54. The zero-order chi connectivity index (χ0) is 102. The van der Waals surface area contributed by atoms with E-state index in [1.54, 1.807) is 106 Å². The average molecular weight is 2060 g/mol. The molecule has 4 atom stereocenters. The van der Waals surface area contributed by atoms with Gasteiger partial charge in [0.25, 0.3) is 0 Å². The van der Waals surface area contributed by atoms with Gasteiger partial charge in [0, 0.05) is 202 Å². The van der Waals surface area contributed by atoms with Crippen LogP contribution in [-0.4, -0.2) is 276 Å². The molecule has 9 aromatic carbocycles. The summed E-state index contributed by atoms with van der Waals surface area (Å²) < 4.78 is 72.4. The van der Waals surface area contributed by atoms with Crippen LogP contribution in [0.2, 0.25) is 5.02 Å². The van der Waals surface area contributed by atoms with Gasteiger partial charge in [-0.1, -0.05) is 111 Å². The van der Waals surface area contributed by atoms with E-state index in [-0.39, 0.29) is 36.7 Å². The third-order valence-electron chi connectivity index (χ3n) is 28.4. The van der Waals surface area contributed by atoms with Crippen molar-refractivity contribution in [3.8, 4) is 45.6 Å². The van der Waals surface area contributed by atoms with E-state index in [1.165, 1.54) is 76.9 Å². The third-order valence-corrected chi connectivity index (χ3v) is 33.9. The number of allylic oxidation sites excluding steroid dienone is 4. The molecule has 4 spiro atoms. The first-order valence-electron chi connectivity index (χ1n) is 48.9. The second kappa shape index (κ2) is 44.7. The number of Topliss-reactive ketones (excluding diaryl/α,β-unsaturated/α-hetero) is 8. The minimum absolute atomic E-state index is 0.0841. The molecule has 9 aromatic rings. The summed E-state index contributed by atoms with van der Waals surface area (Å²) in [5, 5.41) is 42.8. The number of nitrogens with zero attached hydrogens (tertiary/aromatic N) is 4. The lowest BCUT2D eigenvalue weighted by molar-refractivity contribution is -0.112. The Labute approximate surface area is 863 Å². The van der Waals surface area contributed by atoms with Gasteiger partial charge in [0.1, 0.15) is 144 Å². The van der Waals surface area contributed by atoms with Gasteiger partial charge < -0.3 is 87.4 Å². The molecule has 21 rings (SSSR count). The number of aliphatic hydroxyl groups is 4. The van der Waals surface area contributed by atoms with Crippen LogP contribution < -0.4 is 28.4 Å². The lowest BCUT2D eigenvalue weighted by atomic mass is 9.87. The van der Waals surface area contributed by atoms with E-state index in [2.05, 4.69) is 52.5 Å². The van der Waals surface area contributed by atoms with E-state index >= 15 is 0 Å². The Morgan fingerprint density at radius 1 is 0.338 bits per heavy atom. The van der Waals surface area contributed by atoms with Gasteiger partial charge >= 0.3 is 0 Å². The van der Waals surface area contributed by atoms with Crippen LogP contribution in [-0.2, 0) is 50.0 Å². The molecular weight excluding hydrogens is 1950 g/mol. The summed E-state index contributed by atoms with van der Waals surface area (Å²) in [4.78, 5) is 112. The highest BCUT2D eigenvalue weighted by molar-refractivity contribution is 8.05. The van der Waals surface area contributed by atoms with Gasteiger partial charge in [-0.25, -0.2) is 4.39 Å². The van der Waals surface area contributed by atoms with Crippen molar-refractivity contribution in [2.75, 3.05) is 143 Å². The molecule has 8 heterocycles. The smallest absolute Gasteiger partial charge is 0.243 e. The summed E-state index contributed by atoms with van der Waals surface area (Å²) in [7, 11) is 4.70. The molecule has 26 nitrogen and oxygen atoms in total. The standard InChI is InChI=1S/C35H37NO5S.C26H26ClNO6S.C26H26FNO6S.C26H27NO5S/c1-34(2,3)25-10-12-27(13-11-25)40-21-26(37)20-36-17-15-35(16-18-36)22-42-33-31(39)30(38)28-14-9-24(19-29(28)32(33)41-35)23-7-5-4-6-8-23;2*1-32-19-6-7-20-21(12-19)24-25(23(31)22(20)30)35-15-26(34-24)8-10-28(11-9-26)13-17(29)14-33-18-4-2-16(27)3-5-18;1-31-19-7-8-20-21(14-19)24-25(23(30)22(20)29)33-16-26(32-24)9-11-27(12-10-26)15-18(28)13-17-5-3-2-4-6-17/h4-14,19,26,37H,15-18,20-22H2,1-3H3;2*2-7,12,17,29H,8-11,13-15H2,1H3;2-8,14,18,28H,9-13,15-16H2,1H3/t26-;2*17-;18-/m0000/s1. The quantitative estimate of drug-likeness (QED) is 0.0432. The summed E-state index contributed by atoms with van der Waals surface area (Å²) in [5.41, 5.74) is 6.85. The number of ketones is 8. The summed E-state index contributed by atoms with van der Waals surface area (Å²) in [5.74, 6) is 3.98. The highest BCUT2D eigenvalue weighted by Gasteiger charge is 2.52. The number of hydrogen-bond acceptors (Lipinski definition) is 30. The largest absolute Gasteiger partial charge is 0.497 e. The predicted octanol–water partition coefficient (Wildman–Crippen LogP) is 16.6. The summed E-state index contributed by atoms with van der Waals surface area (Å²) in [6.45, 7) is 15.3. The van der Waals surface area contributed by atoms with E-state index in [0.29, 0.717) is 190 Å². The fourth-order valence-electron chi connectivity index (χ4n) is 19.9. The summed E-state index contributed by atoms with van der Waals surface area (Å²) in [6, 6.07) is 61.7.